The van der Waals surface area contributed by atoms with Crippen molar-refractivity contribution in [2.75, 3.05) is 39.0 Å². The van der Waals surface area contributed by atoms with Crippen LogP contribution in [-0.2, 0) is 11.3 Å². The number of pyridine rings is 1. The molecule has 0 atom stereocenters. The predicted molar refractivity (Wildman–Crippen MR) is 84.2 cm³/mol. The summed E-state index contributed by atoms with van der Waals surface area (Å²) in [5, 5.41) is 9.43. The van der Waals surface area contributed by atoms with Gasteiger partial charge >= 0.3 is 0 Å². The van der Waals surface area contributed by atoms with Crippen molar-refractivity contribution in [3.63, 3.8) is 0 Å². The van der Waals surface area contributed by atoms with Crippen LogP contribution in [0.3, 0.4) is 0 Å². The predicted octanol–water partition coefficient (Wildman–Crippen LogP) is 0.123. The topological polar surface area (TPSA) is 93.0 Å². The molecule has 0 bridgehead atoms. The van der Waals surface area contributed by atoms with E-state index < -0.39 is 5.43 Å². The van der Waals surface area contributed by atoms with Crippen molar-refractivity contribution in [2.45, 2.75) is 26.4 Å². The first kappa shape index (κ1) is 17.3. The van der Waals surface area contributed by atoms with Crippen molar-refractivity contribution in [3.8, 4) is 5.75 Å². The second-order valence-electron chi connectivity index (χ2n) is 5.25. The van der Waals surface area contributed by atoms with Crippen molar-refractivity contribution in [1.29, 1.82) is 0 Å². The molecule has 2 N–H and O–H groups in total. The van der Waals surface area contributed by atoms with E-state index >= 15 is 0 Å². The molecule has 0 radical (unpaired) electrons. The number of carbonyl (C=O) groups is 1. The van der Waals surface area contributed by atoms with Gasteiger partial charge in [0.2, 0.25) is 5.43 Å². The molecular formula is C15H23N3O5. The fourth-order valence-electron chi connectivity index (χ4n) is 2.35. The normalized spacial score (nSPS) is 13.7. The van der Waals surface area contributed by atoms with E-state index in [-0.39, 0.29) is 30.6 Å². The number of nitrogens with zero attached hydrogens (tertiary/aromatic N) is 2. The molecule has 8 heteroatoms. The Labute approximate surface area is 134 Å². The Balaban J connectivity index is 2.41. The first-order chi connectivity index (χ1) is 11.1. The van der Waals surface area contributed by atoms with Crippen LogP contribution in [0.5, 0.6) is 5.75 Å². The van der Waals surface area contributed by atoms with Crippen LogP contribution in [0.25, 0.3) is 0 Å². The van der Waals surface area contributed by atoms with Crippen LogP contribution in [-0.4, -0.2) is 54.1 Å². The summed E-state index contributed by atoms with van der Waals surface area (Å²) in [5.41, 5.74) is 3.07. The molecule has 23 heavy (non-hydrogen) atoms. The SMILES string of the molecule is CCCCOc1c2n(c(CO)cc1=O)NCN(CCOC)C2=O. The van der Waals surface area contributed by atoms with Crippen LogP contribution in [0.15, 0.2) is 10.9 Å². The minimum absolute atomic E-state index is 0.0234. The van der Waals surface area contributed by atoms with Gasteiger partial charge in [-0.05, 0) is 6.42 Å². The smallest absolute Gasteiger partial charge is 0.277 e. The standard InChI is InChI=1S/C15H23N3O5/c1-3-4-6-23-14-12(20)8-11(9-19)18-13(14)15(21)17(10-16-18)5-7-22-2/h8,16,19H,3-7,9-10H2,1-2H3. The van der Waals surface area contributed by atoms with Gasteiger partial charge in [-0.15, -0.1) is 0 Å². The minimum atomic E-state index is -0.403. The van der Waals surface area contributed by atoms with Crippen molar-refractivity contribution >= 4 is 5.91 Å². The summed E-state index contributed by atoms with van der Waals surface area (Å²) >= 11 is 0. The maximum absolute atomic E-state index is 12.7. The molecule has 128 valence electrons. The average Bonchev–Trinajstić information content (AvgIpc) is 2.55. The number of hydrogen-bond donors (Lipinski definition) is 2. The lowest BCUT2D eigenvalue weighted by Crippen LogP contribution is -2.48. The third kappa shape index (κ3) is 3.65. The Morgan fingerprint density at radius 3 is 2.78 bits per heavy atom. The number of rotatable bonds is 8. The number of ether oxygens (including phenoxy) is 2. The first-order valence-corrected chi connectivity index (χ1v) is 7.68. The van der Waals surface area contributed by atoms with Crippen LogP contribution < -0.4 is 15.6 Å². The quantitative estimate of drug-likeness (QED) is 0.660. The number of aromatic nitrogens is 1. The van der Waals surface area contributed by atoms with E-state index in [2.05, 4.69) is 5.43 Å². The monoisotopic (exact) mass is 325 g/mol. The number of unbranched alkanes of at least 4 members (excludes halogenated alkanes) is 1. The highest BCUT2D eigenvalue weighted by Gasteiger charge is 2.30. The second kappa shape index (κ2) is 7.98. The fourth-order valence-corrected chi connectivity index (χ4v) is 2.35. The van der Waals surface area contributed by atoms with Gasteiger partial charge in [-0.1, -0.05) is 13.3 Å². The molecule has 1 amide bonds. The Kier molecular flexibility index (Phi) is 6.00. The van der Waals surface area contributed by atoms with Crippen molar-refractivity contribution in [3.05, 3.63) is 27.7 Å². The number of hydrogen-bond acceptors (Lipinski definition) is 6. The molecule has 2 rings (SSSR count). The summed E-state index contributed by atoms with van der Waals surface area (Å²) in [5.74, 6) is -0.296. The van der Waals surface area contributed by atoms with Gasteiger partial charge in [0.05, 0.1) is 25.5 Å². The lowest BCUT2D eigenvalue weighted by Gasteiger charge is -2.33. The molecule has 1 aromatic heterocycles. The summed E-state index contributed by atoms with van der Waals surface area (Å²) in [6, 6.07) is 1.29. The van der Waals surface area contributed by atoms with Crippen LogP contribution in [0.2, 0.25) is 0 Å². The number of nitrogens with one attached hydrogen (secondary N) is 1. The lowest BCUT2D eigenvalue weighted by molar-refractivity contribution is 0.0657. The highest BCUT2D eigenvalue weighted by Crippen LogP contribution is 2.20. The number of aliphatic hydroxyl groups is 1. The molecule has 2 heterocycles. The zero-order chi connectivity index (χ0) is 16.8. The Bertz CT molecular complexity index is 614. The van der Waals surface area contributed by atoms with Gasteiger partial charge in [0.25, 0.3) is 5.91 Å². The number of methoxy groups -OCH3 is 1. The number of carbonyl (C=O) groups excluding carboxylic acids is 1. The first-order valence-electron chi connectivity index (χ1n) is 7.68. The van der Waals surface area contributed by atoms with E-state index in [4.69, 9.17) is 9.47 Å². The third-order valence-electron chi connectivity index (χ3n) is 3.63. The molecule has 1 aromatic rings. The molecular weight excluding hydrogens is 302 g/mol. The molecule has 0 spiro atoms. The van der Waals surface area contributed by atoms with E-state index in [0.29, 0.717) is 25.5 Å². The van der Waals surface area contributed by atoms with Crippen molar-refractivity contribution in [1.82, 2.24) is 9.58 Å². The Hall–Kier alpha value is -2.06. The summed E-state index contributed by atoms with van der Waals surface area (Å²) in [6.45, 7) is 3.08. The van der Waals surface area contributed by atoms with Gasteiger partial charge in [0.1, 0.15) is 6.67 Å². The molecule has 0 aromatic carbocycles. The van der Waals surface area contributed by atoms with E-state index in [0.717, 1.165) is 12.8 Å². The molecule has 0 fully saturated rings. The molecule has 0 unspecified atom stereocenters. The number of aliphatic hydroxyl groups excluding tert-OH is 1. The fraction of sp³-hybridized carbons (Fsp3) is 0.600. The maximum atomic E-state index is 12.7. The zero-order valence-corrected chi connectivity index (χ0v) is 13.5. The van der Waals surface area contributed by atoms with E-state index in [1.54, 1.807) is 7.11 Å². The largest absolute Gasteiger partial charge is 0.487 e. The van der Waals surface area contributed by atoms with Gasteiger partial charge in [0.15, 0.2) is 11.4 Å². The van der Waals surface area contributed by atoms with Gasteiger partial charge in [-0.3, -0.25) is 14.3 Å². The molecule has 0 aliphatic carbocycles. The molecule has 1 aliphatic heterocycles. The molecule has 8 nitrogen and oxygen atoms in total. The van der Waals surface area contributed by atoms with Crippen molar-refractivity contribution < 1.29 is 19.4 Å². The molecule has 0 saturated heterocycles. The highest BCUT2D eigenvalue weighted by molar-refractivity contribution is 5.96. The van der Waals surface area contributed by atoms with Gasteiger partial charge in [0, 0.05) is 19.7 Å². The van der Waals surface area contributed by atoms with E-state index in [1.165, 1.54) is 15.6 Å². The highest BCUT2D eigenvalue weighted by atomic mass is 16.5. The number of fused-ring (bicyclic) bond motifs is 1. The van der Waals surface area contributed by atoms with E-state index in [9.17, 15) is 14.7 Å². The molecule has 0 saturated carbocycles. The summed E-state index contributed by atoms with van der Waals surface area (Å²) in [4.78, 5) is 26.5. The van der Waals surface area contributed by atoms with Crippen LogP contribution in [0, 0.1) is 0 Å². The molecule has 1 aliphatic rings. The van der Waals surface area contributed by atoms with E-state index in [1.807, 2.05) is 6.92 Å². The van der Waals surface area contributed by atoms with Crippen molar-refractivity contribution in [2.24, 2.45) is 0 Å². The minimum Gasteiger partial charge on any atom is -0.487 e. The van der Waals surface area contributed by atoms with Crippen LogP contribution in [0.1, 0.15) is 35.9 Å². The lowest BCUT2D eigenvalue weighted by atomic mass is 10.2. The Morgan fingerprint density at radius 1 is 1.35 bits per heavy atom. The Morgan fingerprint density at radius 2 is 2.13 bits per heavy atom. The number of amides is 1. The van der Waals surface area contributed by atoms with Gasteiger partial charge in [-0.25, -0.2) is 0 Å². The van der Waals surface area contributed by atoms with Gasteiger partial charge < -0.3 is 24.9 Å². The third-order valence-corrected chi connectivity index (χ3v) is 3.63. The summed E-state index contributed by atoms with van der Waals surface area (Å²) < 4.78 is 12.0. The summed E-state index contributed by atoms with van der Waals surface area (Å²) in [7, 11) is 1.56. The summed E-state index contributed by atoms with van der Waals surface area (Å²) in [6.07, 6.45) is 1.71. The van der Waals surface area contributed by atoms with Crippen LogP contribution >= 0.6 is 0 Å². The zero-order valence-electron chi connectivity index (χ0n) is 13.5. The maximum Gasteiger partial charge on any atom is 0.277 e. The average molecular weight is 325 g/mol. The second-order valence-corrected chi connectivity index (χ2v) is 5.25. The van der Waals surface area contributed by atoms with Crippen LogP contribution in [0.4, 0.5) is 0 Å². The van der Waals surface area contributed by atoms with Gasteiger partial charge in [-0.2, -0.15) is 0 Å².